The number of allylic oxidation sites excluding steroid dienone is 1. The first-order valence-electron chi connectivity index (χ1n) is 5.86. The minimum atomic E-state index is -0.682. The van der Waals surface area contributed by atoms with Crippen LogP contribution in [0.4, 0.5) is 5.69 Å². The number of nitrogens with zero attached hydrogens (tertiary/aromatic N) is 2. The molecule has 0 spiro atoms. The molecule has 104 valence electrons. The Labute approximate surface area is 125 Å². The molecule has 0 saturated carbocycles. The maximum atomic E-state index is 10.8. The van der Waals surface area contributed by atoms with Gasteiger partial charge in [0.25, 0.3) is 0 Å². The molecule has 0 unspecified atom stereocenters. The number of phenolic OH excluding ortho intramolecular Hbond substituents is 1. The van der Waals surface area contributed by atoms with Crippen molar-refractivity contribution < 1.29 is 10.0 Å². The predicted octanol–water partition coefficient (Wildman–Crippen LogP) is 4.02. The van der Waals surface area contributed by atoms with Crippen LogP contribution in [-0.4, -0.2) is 10.0 Å². The van der Waals surface area contributed by atoms with Gasteiger partial charge in [0.05, 0.1) is 16.6 Å². The highest BCUT2D eigenvalue weighted by molar-refractivity contribution is 6.30. The predicted molar refractivity (Wildman–Crippen MR) is 79.7 cm³/mol. The lowest BCUT2D eigenvalue weighted by molar-refractivity contribution is -0.385. The van der Waals surface area contributed by atoms with E-state index in [0.29, 0.717) is 21.7 Å². The summed E-state index contributed by atoms with van der Waals surface area (Å²) in [4.78, 5) is 10.1. The molecule has 0 aromatic heterocycles. The van der Waals surface area contributed by atoms with E-state index >= 15 is 0 Å². The molecule has 0 aliphatic heterocycles. The maximum absolute atomic E-state index is 10.8. The van der Waals surface area contributed by atoms with Gasteiger partial charge in [-0.2, -0.15) is 5.26 Å². The molecular formula is C15H9ClN2O3. The van der Waals surface area contributed by atoms with E-state index in [4.69, 9.17) is 11.6 Å². The van der Waals surface area contributed by atoms with E-state index in [1.54, 1.807) is 24.3 Å². The van der Waals surface area contributed by atoms with Crippen molar-refractivity contribution in [1.29, 1.82) is 5.26 Å². The second-order valence-corrected chi connectivity index (χ2v) is 4.62. The Hall–Kier alpha value is -2.84. The van der Waals surface area contributed by atoms with E-state index in [1.165, 1.54) is 24.3 Å². The van der Waals surface area contributed by atoms with E-state index in [2.05, 4.69) is 0 Å². The molecule has 5 nitrogen and oxygen atoms in total. The van der Waals surface area contributed by atoms with Gasteiger partial charge in [0, 0.05) is 11.1 Å². The highest BCUT2D eigenvalue weighted by atomic mass is 35.5. The number of hydrogen-bond donors (Lipinski definition) is 1. The van der Waals surface area contributed by atoms with Crippen molar-refractivity contribution in [3.63, 3.8) is 0 Å². The first kappa shape index (κ1) is 14.6. The van der Waals surface area contributed by atoms with Gasteiger partial charge in [0.15, 0.2) is 5.75 Å². The Balaban J connectivity index is 2.48. The van der Waals surface area contributed by atoms with Crippen LogP contribution in [-0.2, 0) is 0 Å². The van der Waals surface area contributed by atoms with E-state index in [1.807, 2.05) is 6.07 Å². The Morgan fingerprint density at radius 3 is 2.71 bits per heavy atom. The lowest BCUT2D eigenvalue weighted by Gasteiger charge is -2.01. The third-order valence-corrected chi connectivity index (χ3v) is 3.00. The number of aromatic hydroxyl groups is 1. The molecule has 2 rings (SSSR count). The number of phenols is 1. The lowest BCUT2D eigenvalue weighted by atomic mass is 10.0. The third kappa shape index (κ3) is 3.38. The van der Waals surface area contributed by atoms with Crippen LogP contribution in [0.15, 0.2) is 42.5 Å². The second kappa shape index (κ2) is 6.07. The topological polar surface area (TPSA) is 87.2 Å². The zero-order valence-electron chi connectivity index (χ0n) is 10.7. The summed E-state index contributed by atoms with van der Waals surface area (Å²) >= 11 is 5.88. The fourth-order valence-electron chi connectivity index (χ4n) is 1.78. The Kier molecular flexibility index (Phi) is 4.21. The molecule has 0 aliphatic rings. The standard InChI is InChI=1S/C15H9ClN2O3/c16-13-3-1-2-11(8-13)12(9-17)6-10-4-5-15(19)14(7-10)18(20)21/h1-8,19H. The van der Waals surface area contributed by atoms with E-state index in [0.717, 1.165) is 0 Å². The zero-order chi connectivity index (χ0) is 15.4. The maximum Gasteiger partial charge on any atom is 0.311 e. The highest BCUT2D eigenvalue weighted by Gasteiger charge is 2.13. The number of nitriles is 1. The van der Waals surface area contributed by atoms with Crippen LogP contribution in [0.25, 0.3) is 11.6 Å². The summed E-state index contributed by atoms with van der Waals surface area (Å²) in [7, 11) is 0. The van der Waals surface area contributed by atoms with Crippen molar-refractivity contribution in [3.8, 4) is 11.8 Å². The second-order valence-electron chi connectivity index (χ2n) is 4.19. The molecular weight excluding hydrogens is 292 g/mol. The van der Waals surface area contributed by atoms with Crippen LogP contribution in [0.1, 0.15) is 11.1 Å². The number of rotatable bonds is 3. The largest absolute Gasteiger partial charge is 0.502 e. The van der Waals surface area contributed by atoms with Gasteiger partial charge in [-0.25, -0.2) is 0 Å². The van der Waals surface area contributed by atoms with Crippen LogP contribution < -0.4 is 0 Å². The monoisotopic (exact) mass is 300 g/mol. The summed E-state index contributed by atoms with van der Waals surface area (Å²) in [5.41, 5.74) is 0.960. The molecule has 0 atom stereocenters. The Morgan fingerprint density at radius 1 is 1.33 bits per heavy atom. The van der Waals surface area contributed by atoms with Crippen molar-refractivity contribution in [1.82, 2.24) is 0 Å². The lowest BCUT2D eigenvalue weighted by Crippen LogP contribution is -1.89. The molecule has 0 heterocycles. The van der Waals surface area contributed by atoms with Gasteiger partial charge < -0.3 is 5.11 Å². The van der Waals surface area contributed by atoms with Gasteiger partial charge in [-0.15, -0.1) is 0 Å². The number of benzene rings is 2. The van der Waals surface area contributed by atoms with Gasteiger partial charge in [-0.1, -0.05) is 29.8 Å². The molecule has 1 N–H and O–H groups in total. The molecule has 0 bridgehead atoms. The molecule has 0 amide bonds. The minimum Gasteiger partial charge on any atom is -0.502 e. The molecule has 0 radical (unpaired) electrons. The summed E-state index contributed by atoms with van der Waals surface area (Å²) in [6.45, 7) is 0. The average molecular weight is 301 g/mol. The summed E-state index contributed by atoms with van der Waals surface area (Å²) in [5, 5.41) is 29.9. The van der Waals surface area contributed by atoms with Gasteiger partial charge in [-0.05, 0) is 35.4 Å². The van der Waals surface area contributed by atoms with Gasteiger partial charge in [-0.3, -0.25) is 10.1 Å². The molecule has 0 fully saturated rings. The van der Waals surface area contributed by atoms with Gasteiger partial charge in [0.1, 0.15) is 0 Å². The van der Waals surface area contributed by atoms with Crippen LogP contribution in [0, 0.1) is 21.4 Å². The fourth-order valence-corrected chi connectivity index (χ4v) is 1.97. The third-order valence-electron chi connectivity index (χ3n) is 2.76. The molecule has 2 aromatic carbocycles. The normalized spacial score (nSPS) is 11.0. The minimum absolute atomic E-state index is 0.317. The number of nitro benzene ring substituents is 1. The van der Waals surface area contributed by atoms with Crippen LogP contribution >= 0.6 is 11.6 Å². The number of halogens is 1. The SMILES string of the molecule is N#CC(=Cc1ccc(O)c([N+](=O)[O-])c1)c1cccc(Cl)c1. The fraction of sp³-hybridized carbons (Fsp3) is 0. The van der Waals surface area contributed by atoms with Crippen LogP contribution in [0.2, 0.25) is 5.02 Å². The van der Waals surface area contributed by atoms with Gasteiger partial charge >= 0.3 is 5.69 Å². The van der Waals surface area contributed by atoms with E-state index in [9.17, 15) is 20.5 Å². The van der Waals surface area contributed by atoms with Gasteiger partial charge in [0.2, 0.25) is 0 Å². The number of hydrogen-bond acceptors (Lipinski definition) is 4. The summed E-state index contributed by atoms with van der Waals surface area (Å²) < 4.78 is 0. The smallest absolute Gasteiger partial charge is 0.311 e. The van der Waals surface area contributed by atoms with Crippen LogP contribution in [0.5, 0.6) is 5.75 Å². The summed E-state index contributed by atoms with van der Waals surface area (Å²) in [6.07, 6.45) is 1.50. The summed E-state index contributed by atoms with van der Waals surface area (Å²) in [6, 6.07) is 12.7. The van der Waals surface area contributed by atoms with Crippen molar-refractivity contribution >= 4 is 28.9 Å². The molecule has 2 aromatic rings. The van der Waals surface area contributed by atoms with Crippen molar-refractivity contribution in [2.75, 3.05) is 0 Å². The number of nitro groups is 1. The average Bonchev–Trinajstić information content (AvgIpc) is 2.46. The molecule has 6 heteroatoms. The molecule has 0 saturated heterocycles. The first-order chi connectivity index (χ1) is 10.0. The van der Waals surface area contributed by atoms with E-state index < -0.39 is 16.4 Å². The van der Waals surface area contributed by atoms with E-state index in [-0.39, 0.29) is 0 Å². The van der Waals surface area contributed by atoms with Crippen molar-refractivity contribution in [2.24, 2.45) is 0 Å². The molecule has 21 heavy (non-hydrogen) atoms. The Morgan fingerprint density at radius 2 is 2.10 bits per heavy atom. The van der Waals surface area contributed by atoms with Crippen molar-refractivity contribution in [2.45, 2.75) is 0 Å². The first-order valence-corrected chi connectivity index (χ1v) is 6.24. The van der Waals surface area contributed by atoms with Crippen molar-refractivity contribution in [3.05, 3.63) is 68.7 Å². The quantitative estimate of drug-likeness (QED) is 0.401. The van der Waals surface area contributed by atoms with Crippen LogP contribution in [0.3, 0.4) is 0 Å². The Bertz CT molecular complexity index is 779. The molecule has 0 aliphatic carbocycles. The highest BCUT2D eigenvalue weighted by Crippen LogP contribution is 2.28. The zero-order valence-corrected chi connectivity index (χ0v) is 11.4. The summed E-state index contributed by atoms with van der Waals surface area (Å²) in [5.74, 6) is -0.418.